The predicted molar refractivity (Wildman–Crippen MR) is 92.0 cm³/mol. The van der Waals surface area contributed by atoms with Gasteiger partial charge in [0, 0.05) is 15.5 Å². The molecule has 0 aliphatic heterocycles. The van der Waals surface area contributed by atoms with E-state index in [0.29, 0.717) is 11.1 Å². The Kier molecular flexibility index (Phi) is 5.94. The van der Waals surface area contributed by atoms with Gasteiger partial charge in [-0.15, -0.1) is 0 Å². The third-order valence-corrected chi connectivity index (χ3v) is 5.03. The van der Waals surface area contributed by atoms with Crippen molar-refractivity contribution in [3.63, 3.8) is 0 Å². The van der Waals surface area contributed by atoms with Crippen molar-refractivity contribution in [3.05, 3.63) is 27.2 Å². The number of nitrogens with one attached hydrogen (secondary N) is 2. The summed E-state index contributed by atoms with van der Waals surface area (Å²) in [5.74, 6) is 0.0468. The molecule has 0 heterocycles. The molecule has 1 fully saturated rings. The van der Waals surface area contributed by atoms with Crippen molar-refractivity contribution in [1.29, 1.82) is 0 Å². The molecule has 0 radical (unpaired) electrons. The molecule has 5 heteroatoms. The molecular weight excluding hydrogens is 352 g/mol. The number of aryl methyl sites for hydroxylation is 1. The Hall–Kier alpha value is -0.740. The summed E-state index contributed by atoms with van der Waals surface area (Å²) in [6.07, 6.45) is 5.91. The van der Waals surface area contributed by atoms with Crippen LogP contribution in [-0.4, -0.2) is 18.0 Å². The van der Waals surface area contributed by atoms with Crippen LogP contribution in [0, 0.1) is 6.92 Å². The Morgan fingerprint density at radius 2 is 2.00 bits per heavy atom. The lowest BCUT2D eigenvalue weighted by Gasteiger charge is -2.25. The second kappa shape index (κ2) is 7.50. The summed E-state index contributed by atoms with van der Waals surface area (Å²) in [7, 11) is 0. The van der Waals surface area contributed by atoms with Crippen molar-refractivity contribution in [1.82, 2.24) is 5.32 Å². The van der Waals surface area contributed by atoms with Crippen LogP contribution < -0.4 is 10.6 Å². The lowest BCUT2D eigenvalue weighted by Crippen LogP contribution is -2.44. The van der Waals surface area contributed by atoms with E-state index in [1.165, 1.54) is 19.3 Å². The first kappa shape index (κ1) is 16.6. The Morgan fingerprint density at radius 3 is 2.67 bits per heavy atom. The highest BCUT2D eigenvalue weighted by Gasteiger charge is 2.20. The van der Waals surface area contributed by atoms with E-state index < -0.39 is 0 Å². The monoisotopic (exact) mass is 372 g/mol. The third kappa shape index (κ3) is 4.62. The molecule has 21 heavy (non-hydrogen) atoms. The Labute approximate surface area is 140 Å². The van der Waals surface area contributed by atoms with E-state index in [1.807, 2.05) is 26.0 Å². The molecular formula is C16H22BrClN2O. The van der Waals surface area contributed by atoms with Gasteiger partial charge < -0.3 is 10.6 Å². The largest absolute Gasteiger partial charge is 0.373 e. The summed E-state index contributed by atoms with van der Waals surface area (Å²) in [6.45, 7) is 3.83. The molecule has 2 N–H and O–H groups in total. The molecule has 0 spiro atoms. The molecule has 3 nitrogen and oxygen atoms in total. The fourth-order valence-electron chi connectivity index (χ4n) is 2.63. The maximum absolute atomic E-state index is 12.3. The highest BCUT2D eigenvalue weighted by Crippen LogP contribution is 2.29. The zero-order chi connectivity index (χ0) is 15.4. The van der Waals surface area contributed by atoms with Gasteiger partial charge in [0.1, 0.15) is 6.04 Å². The van der Waals surface area contributed by atoms with Crippen molar-refractivity contribution in [2.75, 3.05) is 5.32 Å². The lowest BCUT2D eigenvalue weighted by molar-refractivity contribution is -0.122. The van der Waals surface area contributed by atoms with Crippen LogP contribution in [-0.2, 0) is 4.79 Å². The topological polar surface area (TPSA) is 41.1 Å². The van der Waals surface area contributed by atoms with Crippen LogP contribution in [0.3, 0.4) is 0 Å². The van der Waals surface area contributed by atoms with Crippen molar-refractivity contribution in [2.45, 2.75) is 58.0 Å². The summed E-state index contributed by atoms with van der Waals surface area (Å²) < 4.78 is 0.918. The second-order valence-electron chi connectivity index (χ2n) is 5.79. The van der Waals surface area contributed by atoms with Crippen molar-refractivity contribution < 1.29 is 4.79 Å². The molecule has 0 aromatic heterocycles. The van der Waals surface area contributed by atoms with Gasteiger partial charge in [0.05, 0.1) is 5.69 Å². The minimum absolute atomic E-state index is 0.0468. The fourth-order valence-corrected chi connectivity index (χ4v) is 3.36. The van der Waals surface area contributed by atoms with E-state index in [4.69, 9.17) is 11.6 Å². The lowest BCUT2D eigenvalue weighted by atomic mass is 9.95. The van der Waals surface area contributed by atoms with E-state index in [1.54, 1.807) is 0 Å². The van der Waals surface area contributed by atoms with Gasteiger partial charge in [-0.25, -0.2) is 0 Å². The summed E-state index contributed by atoms with van der Waals surface area (Å²) >= 11 is 9.65. The Bertz CT molecular complexity index is 515. The van der Waals surface area contributed by atoms with Crippen molar-refractivity contribution in [3.8, 4) is 0 Å². The molecule has 0 saturated heterocycles. The Balaban J connectivity index is 1.95. The van der Waals surface area contributed by atoms with Gasteiger partial charge in [-0.3, -0.25) is 4.79 Å². The van der Waals surface area contributed by atoms with E-state index in [0.717, 1.165) is 28.6 Å². The van der Waals surface area contributed by atoms with E-state index >= 15 is 0 Å². The second-order valence-corrected chi connectivity index (χ2v) is 7.05. The van der Waals surface area contributed by atoms with Crippen LogP contribution in [0.15, 0.2) is 16.6 Å². The average Bonchev–Trinajstić information content (AvgIpc) is 2.45. The number of anilines is 1. The van der Waals surface area contributed by atoms with Gasteiger partial charge in [0.25, 0.3) is 0 Å². The number of hydrogen-bond donors (Lipinski definition) is 2. The third-order valence-electron chi connectivity index (χ3n) is 3.97. The zero-order valence-electron chi connectivity index (χ0n) is 12.5. The smallest absolute Gasteiger partial charge is 0.242 e. The van der Waals surface area contributed by atoms with Crippen LogP contribution >= 0.6 is 27.5 Å². The first-order valence-electron chi connectivity index (χ1n) is 7.50. The number of rotatable bonds is 4. The van der Waals surface area contributed by atoms with Gasteiger partial charge in [-0.05, 0) is 60.3 Å². The van der Waals surface area contributed by atoms with E-state index in [-0.39, 0.29) is 11.9 Å². The van der Waals surface area contributed by atoms with Gasteiger partial charge >= 0.3 is 0 Å². The van der Waals surface area contributed by atoms with Crippen molar-refractivity contribution >= 4 is 39.1 Å². The summed E-state index contributed by atoms with van der Waals surface area (Å²) in [5.41, 5.74) is 1.85. The quantitative estimate of drug-likeness (QED) is 0.806. The van der Waals surface area contributed by atoms with Crippen LogP contribution in [0.4, 0.5) is 5.69 Å². The van der Waals surface area contributed by atoms with Crippen LogP contribution in [0.25, 0.3) is 0 Å². The minimum Gasteiger partial charge on any atom is -0.373 e. The van der Waals surface area contributed by atoms with E-state index in [2.05, 4.69) is 26.6 Å². The molecule has 1 saturated carbocycles. The number of halogens is 2. The number of carbonyl (C=O) groups excluding carboxylic acids is 1. The van der Waals surface area contributed by atoms with E-state index in [9.17, 15) is 4.79 Å². The normalized spacial score (nSPS) is 17.3. The average molecular weight is 374 g/mol. The first-order valence-corrected chi connectivity index (χ1v) is 8.67. The molecule has 1 amide bonds. The molecule has 1 aromatic carbocycles. The van der Waals surface area contributed by atoms with Gasteiger partial charge in [-0.2, -0.15) is 0 Å². The summed E-state index contributed by atoms with van der Waals surface area (Å²) in [5, 5.41) is 7.05. The van der Waals surface area contributed by atoms with Gasteiger partial charge in [-0.1, -0.05) is 30.9 Å². The highest BCUT2D eigenvalue weighted by molar-refractivity contribution is 9.10. The number of carbonyl (C=O) groups is 1. The van der Waals surface area contributed by atoms with Crippen molar-refractivity contribution in [2.24, 2.45) is 0 Å². The molecule has 1 aliphatic carbocycles. The standard InChI is InChI=1S/C16H22BrClN2O/c1-10-8-13(17)15(9-14(10)18)19-11(2)16(21)20-12-6-4-3-5-7-12/h8-9,11-12,19H,3-7H2,1-2H3,(H,20,21). The maximum atomic E-state index is 12.3. The maximum Gasteiger partial charge on any atom is 0.242 e. The van der Waals surface area contributed by atoms with Gasteiger partial charge in [0.2, 0.25) is 5.91 Å². The fraction of sp³-hybridized carbons (Fsp3) is 0.562. The van der Waals surface area contributed by atoms with Crippen LogP contribution in [0.5, 0.6) is 0 Å². The van der Waals surface area contributed by atoms with Crippen LogP contribution in [0.2, 0.25) is 5.02 Å². The SMILES string of the molecule is Cc1cc(Br)c(NC(C)C(=O)NC2CCCCC2)cc1Cl. The molecule has 1 aliphatic rings. The molecule has 1 atom stereocenters. The summed E-state index contributed by atoms with van der Waals surface area (Å²) in [4.78, 5) is 12.3. The number of amides is 1. The zero-order valence-corrected chi connectivity index (χ0v) is 14.9. The molecule has 2 rings (SSSR count). The van der Waals surface area contributed by atoms with Gasteiger partial charge in [0.15, 0.2) is 0 Å². The molecule has 0 bridgehead atoms. The summed E-state index contributed by atoms with van der Waals surface area (Å²) in [6, 6.07) is 3.85. The molecule has 1 unspecified atom stereocenters. The predicted octanol–water partition coefficient (Wildman–Crippen LogP) is 4.66. The Morgan fingerprint density at radius 1 is 1.33 bits per heavy atom. The molecule has 116 valence electrons. The number of benzene rings is 1. The first-order chi connectivity index (χ1) is 9.97. The highest BCUT2D eigenvalue weighted by atomic mass is 79.9. The van der Waals surface area contributed by atoms with Crippen LogP contribution in [0.1, 0.15) is 44.6 Å². The molecule has 1 aromatic rings. The number of hydrogen-bond acceptors (Lipinski definition) is 2. The minimum atomic E-state index is -0.290.